The molecule has 0 unspecified atom stereocenters. The van der Waals surface area contributed by atoms with Crippen molar-refractivity contribution in [1.29, 1.82) is 0 Å². The minimum atomic E-state index is -4.32. The van der Waals surface area contributed by atoms with E-state index in [0.717, 1.165) is 0 Å². The van der Waals surface area contributed by atoms with Gasteiger partial charge in [0, 0.05) is 0 Å². The van der Waals surface area contributed by atoms with E-state index in [4.69, 9.17) is 0 Å². The van der Waals surface area contributed by atoms with Crippen LogP contribution >= 0.6 is 0 Å². The highest BCUT2D eigenvalue weighted by Gasteiger charge is 2.28. The Hall–Kier alpha value is -1.45. The monoisotopic (exact) mass is 215 g/mol. The zero-order valence-electron chi connectivity index (χ0n) is 8.19. The predicted molar refractivity (Wildman–Crippen MR) is 50.7 cm³/mol. The summed E-state index contributed by atoms with van der Waals surface area (Å²) in [6, 6.07) is 4.80. The summed E-state index contributed by atoms with van der Waals surface area (Å²) in [4.78, 5) is 0. The van der Waals surface area contributed by atoms with Gasteiger partial charge in [0.05, 0.1) is 0 Å². The second-order valence-electron chi connectivity index (χ2n) is 3.01. The van der Waals surface area contributed by atoms with E-state index in [1.807, 2.05) is 0 Å². The highest BCUT2D eigenvalue weighted by atomic mass is 19.4. The molecule has 1 nitrogen and oxygen atoms in total. The molecule has 0 spiro atoms. The van der Waals surface area contributed by atoms with Gasteiger partial charge in [-0.3, -0.25) is 0 Å². The molecule has 0 N–H and O–H groups in total. The van der Waals surface area contributed by atoms with Gasteiger partial charge in [0.1, 0.15) is 5.75 Å². The first kappa shape index (κ1) is 11.6. The number of ether oxygens (including phenoxy) is 1. The van der Waals surface area contributed by atoms with Crippen molar-refractivity contribution in [1.82, 2.24) is 0 Å². The number of halogens is 3. The van der Waals surface area contributed by atoms with Crippen molar-refractivity contribution in [2.45, 2.75) is 13.1 Å². The van der Waals surface area contributed by atoms with E-state index in [2.05, 4.69) is 17.4 Å². The molecule has 0 heterocycles. The van der Waals surface area contributed by atoms with Gasteiger partial charge >= 0.3 is 6.18 Å². The van der Waals surface area contributed by atoms with Crippen molar-refractivity contribution in [3.05, 3.63) is 42.0 Å². The Morgan fingerprint density at radius 2 is 2.07 bits per heavy atom. The minimum absolute atomic E-state index is 0.209. The molecule has 1 radical (unpaired) electrons. The fourth-order valence-electron chi connectivity index (χ4n) is 1.12. The molecule has 81 valence electrons. The van der Waals surface area contributed by atoms with E-state index < -0.39 is 12.8 Å². The van der Waals surface area contributed by atoms with Crippen LogP contribution in [0.15, 0.2) is 24.8 Å². The van der Waals surface area contributed by atoms with Gasteiger partial charge in [-0.15, -0.1) is 0 Å². The number of hydrogen-bond donors (Lipinski definition) is 0. The van der Waals surface area contributed by atoms with Crippen LogP contribution in [-0.2, 0) is 0 Å². The summed E-state index contributed by atoms with van der Waals surface area (Å²) in [5, 5.41) is 0. The van der Waals surface area contributed by atoms with Gasteiger partial charge in [0.15, 0.2) is 6.61 Å². The van der Waals surface area contributed by atoms with Crippen LogP contribution in [0, 0.1) is 13.0 Å². The molecule has 0 aromatic heterocycles. The van der Waals surface area contributed by atoms with Gasteiger partial charge in [-0.2, -0.15) is 13.2 Å². The molecule has 0 aliphatic heterocycles. The summed E-state index contributed by atoms with van der Waals surface area (Å²) < 4.78 is 40.4. The van der Waals surface area contributed by atoms with Gasteiger partial charge < -0.3 is 4.74 Å². The van der Waals surface area contributed by atoms with E-state index >= 15 is 0 Å². The van der Waals surface area contributed by atoms with Crippen molar-refractivity contribution >= 4 is 0 Å². The Balaban J connectivity index is 2.82. The molecule has 0 atom stereocenters. The molecule has 4 heteroatoms. The third kappa shape index (κ3) is 3.31. The van der Waals surface area contributed by atoms with Crippen molar-refractivity contribution in [2.24, 2.45) is 0 Å². The molecule has 1 aromatic rings. The van der Waals surface area contributed by atoms with E-state index in [1.165, 1.54) is 6.07 Å². The van der Waals surface area contributed by atoms with Gasteiger partial charge in [0.2, 0.25) is 0 Å². The molecular formula is C11H10F3O. The second-order valence-corrected chi connectivity index (χ2v) is 3.01. The molecular weight excluding hydrogens is 205 g/mol. The third-order valence-corrected chi connectivity index (χ3v) is 1.87. The summed E-state index contributed by atoms with van der Waals surface area (Å²) >= 11 is 0. The molecule has 1 rings (SSSR count). The maximum atomic E-state index is 11.9. The Bertz CT molecular complexity index is 355. The van der Waals surface area contributed by atoms with Crippen LogP contribution in [-0.4, -0.2) is 12.8 Å². The molecule has 15 heavy (non-hydrogen) atoms. The average Bonchev–Trinajstić information content (AvgIpc) is 2.15. The van der Waals surface area contributed by atoms with Gasteiger partial charge in [-0.25, -0.2) is 0 Å². The van der Waals surface area contributed by atoms with Crippen LogP contribution in [0.5, 0.6) is 5.75 Å². The average molecular weight is 215 g/mol. The van der Waals surface area contributed by atoms with Crippen LogP contribution in [0.4, 0.5) is 13.2 Å². The Morgan fingerprint density at radius 1 is 1.40 bits per heavy atom. The Morgan fingerprint density at radius 3 is 2.60 bits per heavy atom. The SMILES string of the molecule is C=[C]c1cccc(OCC(F)(F)F)c1C. The maximum Gasteiger partial charge on any atom is 0.422 e. The largest absolute Gasteiger partial charge is 0.484 e. The van der Waals surface area contributed by atoms with E-state index in [-0.39, 0.29) is 5.75 Å². The van der Waals surface area contributed by atoms with Crippen molar-refractivity contribution in [3.8, 4) is 5.75 Å². The lowest BCUT2D eigenvalue weighted by Crippen LogP contribution is -2.19. The van der Waals surface area contributed by atoms with Crippen molar-refractivity contribution in [2.75, 3.05) is 6.61 Å². The summed E-state index contributed by atoms with van der Waals surface area (Å²) in [5.74, 6) is 0.209. The first-order valence-corrected chi connectivity index (χ1v) is 4.26. The predicted octanol–water partition coefficient (Wildman–Crippen LogP) is 3.27. The first-order chi connectivity index (χ1) is 6.94. The molecule has 1 aromatic carbocycles. The lowest BCUT2D eigenvalue weighted by Gasteiger charge is -2.12. The van der Waals surface area contributed by atoms with Crippen molar-refractivity contribution in [3.63, 3.8) is 0 Å². The zero-order chi connectivity index (χ0) is 11.5. The third-order valence-electron chi connectivity index (χ3n) is 1.87. The Labute approximate surface area is 86.2 Å². The number of hydrogen-bond acceptors (Lipinski definition) is 1. The zero-order valence-corrected chi connectivity index (χ0v) is 8.19. The number of rotatable bonds is 3. The van der Waals surface area contributed by atoms with E-state index in [1.54, 1.807) is 19.1 Å². The molecule has 0 bridgehead atoms. The van der Waals surface area contributed by atoms with Gasteiger partial charge in [0.25, 0.3) is 0 Å². The smallest absolute Gasteiger partial charge is 0.422 e. The minimum Gasteiger partial charge on any atom is -0.484 e. The molecule has 0 saturated heterocycles. The van der Waals surface area contributed by atoms with Crippen LogP contribution < -0.4 is 4.74 Å². The summed E-state index contributed by atoms with van der Waals surface area (Å²) in [7, 11) is 0. The van der Waals surface area contributed by atoms with Crippen LogP contribution in [0.25, 0.3) is 0 Å². The quantitative estimate of drug-likeness (QED) is 0.751. The molecule has 0 aliphatic carbocycles. The fourth-order valence-corrected chi connectivity index (χ4v) is 1.12. The normalized spacial score (nSPS) is 11.2. The summed E-state index contributed by atoms with van der Waals surface area (Å²) in [5.41, 5.74) is 1.26. The van der Waals surface area contributed by atoms with E-state index in [0.29, 0.717) is 11.1 Å². The summed E-state index contributed by atoms with van der Waals surface area (Å²) in [6.45, 7) is 3.82. The molecule has 0 amide bonds. The standard InChI is InChI=1S/C11H10F3O/c1-3-9-5-4-6-10(8(9)2)15-7-11(12,13)14/h4-6H,1,7H2,2H3. The second kappa shape index (κ2) is 4.38. The van der Waals surface area contributed by atoms with Crippen LogP contribution in [0.1, 0.15) is 11.1 Å². The number of alkyl halides is 3. The van der Waals surface area contributed by atoms with Crippen molar-refractivity contribution < 1.29 is 17.9 Å². The molecule has 0 fully saturated rings. The lowest BCUT2D eigenvalue weighted by atomic mass is 10.1. The van der Waals surface area contributed by atoms with Crippen LogP contribution in [0.3, 0.4) is 0 Å². The molecule has 0 aliphatic rings. The fraction of sp³-hybridized carbons (Fsp3) is 0.273. The Kier molecular flexibility index (Phi) is 3.39. The maximum absolute atomic E-state index is 11.9. The lowest BCUT2D eigenvalue weighted by molar-refractivity contribution is -0.153. The highest BCUT2D eigenvalue weighted by Crippen LogP contribution is 2.24. The van der Waals surface area contributed by atoms with Crippen LogP contribution in [0.2, 0.25) is 0 Å². The highest BCUT2D eigenvalue weighted by molar-refractivity contribution is 5.41. The first-order valence-electron chi connectivity index (χ1n) is 4.26. The summed E-state index contributed by atoms with van der Waals surface area (Å²) in [6.07, 6.45) is -1.70. The topological polar surface area (TPSA) is 9.23 Å². The van der Waals surface area contributed by atoms with E-state index in [9.17, 15) is 13.2 Å². The van der Waals surface area contributed by atoms with Gasteiger partial charge in [-0.1, -0.05) is 18.7 Å². The number of benzene rings is 1. The van der Waals surface area contributed by atoms with Gasteiger partial charge in [-0.05, 0) is 30.2 Å². The molecule has 0 saturated carbocycles.